The molecule has 17 heavy (non-hydrogen) atoms. The molecule has 1 N–H and O–H groups in total. The van der Waals surface area contributed by atoms with E-state index in [1.165, 1.54) is 6.07 Å². The molecule has 0 heterocycles. The molecular weight excluding hydrogens is 241 g/mol. The Labute approximate surface area is 107 Å². The highest BCUT2D eigenvalue weighted by atomic mass is 35.5. The van der Waals surface area contributed by atoms with Crippen LogP contribution in [0.1, 0.15) is 19.4 Å². The zero-order valence-electron chi connectivity index (χ0n) is 10.7. The summed E-state index contributed by atoms with van der Waals surface area (Å²) >= 11 is 5.87. The van der Waals surface area contributed by atoms with Gasteiger partial charge in [-0.05, 0) is 39.6 Å². The maximum atomic E-state index is 13.3. The van der Waals surface area contributed by atoms with Crippen LogP contribution in [0.4, 0.5) is 4.39 Å². The molecule has 1 aromatic carbocycles. The van der Waals surface area contributed by atoms with Gasteiger partial charge in [0, 0.05) is 12.0 Å². The second kappa shape index (κ2) is 5.34. The Morgan fingerprint density at radius 1 is 1.41 bits per heavy atom. The topological polar surface area (TPSA) is 23.5 Å². The zero-order valence-corrected chi connectivity index (χ0v) is 11.4. The maximum absolute atomic E-state index is 13.3. The second-order valence-corrected chi connectivity index (χ2v) is 5.36. The number of aliphatic hydroxyl groups excluding tert-OH is 1. The predicted molar refractivity (Wildman–Crippen MR) is 68.9 cm³/mol. The zero-order chi connectivity index (χ0) is 13.2. The van der Waals surface area contributed by atoms with Crippen LogP contribution in [-0.2, 0) is 6.42 Å². The third-order valence-electron chi connectivity index (χ3n) is 3.41. The Kier molecular flexibility index (Phi) is 4.53. The van der Waals surface area contributed by atoms with E-state index in [-0.39, 0.29) is 5.02 Å². The number of nitrogens with zero attached hydrogens (tertiary/aromatic N) is 1. The van der Waals surface area contributed by atoms with Crippen molar-refractivity contribution in [3.8, 4) is 0 Å². The summed E-state index contributed by atoms with van der Waals surface area (Å²) in [5.74, 6) is -0.445. The summed E-state index contributed by atoms with van der Waals surface area (Å²) in [5.41, 5.74) is 0.240. The summed E-state index contributed by atoms with van der Waals surface area (Å²) in [6.45, 7) is 3.87. The number of hydrogen-bond acceptors (Lipinski definition) is 2. The van der Waals surface area contributed by atoms with E-state index in [1.54, 1.807) is 12.1 Å². The molecule has 0 spiro atoms. The molecule has 0 saturated heterocycles. The van der Waals surface area contributed by atoms with Crippen molar-refractivity contribution in [2.45, 2.75) is 31.9 Å². The van der Waals surface area contributed by atoms with Gasteiger partial charge in [-0.3, -0.25) is 0 Å². The fourth-order valence-electron chi connectivity index (χ4n) is 1.46. The molecule has 1 rings (SSSR count). The van der Waals surface area contributed by atoms with Crippen LogP contribution < -0.4 is 0 Å². The van der Waals surface area contributed by atoms with Gasteiger partial charge in [-0.2, -0.15) is 0 Å². The number of hydrogen-bond donors (Lipinski definition) is 1. The van der Waals surface area contributed by atoms with E-state index in [0.29, 0.717) is 12.0 Å². The van der Waals surface area contributed by atoms with Crippen molar-refractivity contribution in [3.05, 3.63) is 34.6 Å². The lowest BCUT2D eigenvalue weighted by molar-refractivity contribution is 0.0182. The molecule has 96 valence electrons. The Morgan fingerprint density at radius 3 is 2.53 bits per heavy atom. The molecule has 0 saturated carbocycles. The first-order valence-electron chi connectivity index (χ1n) is 5.55. The summed E-state index contributed by atoms with van der Waals surface area (Å²) in [6, 6.07) is 4.65. The smallest absolute Gasteiger partial charge is 0.142 e. The summed E-state index contributed by atoms with van der Waals surface area (Å²) in [5, 5.41) is 10.3. The minimum absolute atomic E-state index is 0.0982. The maximum Gasteiger partial charge on any atom is 0.142 e. The van der Waals surface area contributed by atoms with Crippen molar-refractivity contribution < 1.29 is 9.50 Å². The van der Waals surface area contributed by atoms with E-state index in [4.69, 9.17) is 11.6 Å². The number of likely N-dealkylation sites (N-methyl/N-ethyl adjacent to an activating group) is 1. The summed E-state index contributed by atoms with van der Waals surface area (Å²) in [7, 11) is 3.80. The molecule has 0 bridgehead atoms. The highest BCUT2D eigenvalue weighted by molar-refractivity contribution is 6.31. The summed E-state index contributed by atoms with van der Waals surface area (Å²) in [4.78, 5) is 1.94. The lowest BCUT2D eigenvalue weighted by atomic mass is 9.91. The molecule has 0 aromatic heterocycles. The van der Waals surface area contributed by atoms with Crippen LogP contribution in [0, 0.1) is 5.82 Å². The number of rotatable bonds is 4. The number of benzene rings is 1. The molecule has 0 fully saturated rings. The second-order valence-electron chi connectivity index (χ2n) is 4.98. The molecule has 1 unspecified atom stereocenters. The van der Waals surface area contributed by atoms with Gasteiger partial charge in [-0.25, -0.2) is 4.39 Å². The van der Waals surface area contributed by atoms with Gasteiger partial charge in [-0.15, -0.1) is 0 Å². The van der Waals surface area contributed by atoms with E-state index in [2.05, 4.69) is 0 Å². The normalized spacial score (nSPS) is 14.1. The third kappa shape index (κ3) is 3.18. The van der Waals surface area contributed by atoms with E-state index in [9.17, 15) is 9.50 Å². The van der Waals surface area contributed by atoms with Gasteiger partial charge in [-0.1, -0.05) is 23.7 Å². The molecule has 0 radical (unpaired) electrons. The van der Waals surface area contributed by atoms with E-state index in [1.807, 2.05) is 32.8 Å². The lowest BCUT2D eigenvalue weighted by Gasteiger charge is -2.37. The summed E-state index contributed by atoms with van der Waals surface area (Å²) in [6.07, 6.45) is -0.279. The monoisotopic (exact) mass is 259 g/mol. The van der Waals surface area contributed by atoms with Crippen LogP contribution in [-0.4, -0.2) is 35.7 Å². The van der Waals surface area contributed by atoms with Gasteiger partial charge in [0.25, 0.3) is 0 Å². The molecule has 2 nitrogen and oxygen atoms in total. The Balaban J connectivity index is 2.88. The molecule has 0 aliphatic rings. The van der Waals surface area contributed by atoms with Crippen LogP contribution in [0.2, 0.25) is 5.02 Å². The van der Waals surface area contributed by atoms with Crippen molar-refractivity contribution in [1.29, 1.82) is 0 Å². The Morgan fingerprint density at radius 2 is 2.00 bits per heavy atom. The molecule has 1 atom stereocenters. The average Bonchev–Trinajstić information content (AvgIpc) is 2.24. The number of aliphatic hydroxyl groups is 1. The van der Waals surface area contributed by atoms with Crippen LogP contribution in [0.5, 0.6) is 0 Å². The summed E-state index contributed by atoms with van der Waals surface area (Å²) < 4.78 is 13.3. The first-order chi connectivity index (χ1) is 7.76. The van der Waals surface area contributed by atoms with Crippen LogP contribution in [0.25, 0.3) is 0 Å². The molecule has 1 aromatic rings. The van der Waals surface area contributed by atoms with Crippen LogP contribution in [0.3, 0.4) is 0 Å². The van der Waals surface area contributed by atoms with Gasteiger partial charge in [0.2, 0.25) is 0 Å². The average molecular weight is 260 g/mol. The van der Waals surface area contributed by atoms with Crippen LogP contribution in [0.15, 0.2) is 18.2 Å². The van der Waals surface area contributed by atoms with Gasteiger partial charge in [0.05, 0.1) is 11.1 Å². The van der Waals surface area contributed by atoms with Crippen molar-refractivity contribution in [1.82, 2.24) is 4.90 Å². The van der Waals surface area contributed by atoms with Crippen molar-refractivity contribution >= 4 is 11.6 Å². The fourth-order valence-corrected chi connectivity index (χ4v) is 1.67. The molecular formula is C13H19ClFNO. The highest BCUT2D eigenvalue weighted by Gasteiger charge is 2.30. The van der Waals surface area contributed by atoms with Crippen molar-refractivity contribution in [2.24, 2.45) is 0 Å². The van der Waals surface area contributed by atoms with Gasteiger partial charge < -0.3 is 10.0 Å². The molecule has 0 aliphatic carbocycles. The highest BCUT2D eigenvalue weighted by Crippen LogP contribution is 2.25. The molecule has 4 heteroatoms. The number of halogens is 2. The van der Waals surface area contributed by atoms with E-state index < -0.39 is 17.5 Å². The SMILES string of the molecule is CN(C)C(C)(C)C(O)Cc1cccc(F)c1Cl. The predicted octanol–water partition coefficient (Wildman–Crippen LogP) is 2.72. The minimum Gasteiger partial charge on any atom is -0.391 e. The van der Waals surface area contributed by atoms with Crippen molar-refractivity contribution in [2.75, 3.05) is 14.1 Å². The standard InChI is InChI=1S/C13H19ClFNO/c1-13(2,16(3)4)11(17)8-9-6-5-7-10(15)12(9)14/h5-7,11,17H,8H2,1-4H3. The fraction of sp³-hybridized carbons (Fsp3) is 0.538. The van der Waals surface area contributed by atoms with Crippen LogP contribution >= 0.6 is 11.6 Å². The van der Waals surface area contributed by atoms with Gasteiger partial charge >= 0.3 is 0 Å². The molecule has 0 aliphatic heterocycles. The Bertz CT molecular complexity index is 393. The Hall–Kier alpha value is -0.640. The lowest BCUT2D eigenvalue weighted by Crippen LogP contribution is -2.49. The third-order valence-corrected chi connectivity index (χ3v) is 3.84. The first kappa shape index (κ1) is 14.4. The quantitative estimate of drug-likeness (QED) is 0.899. The van der Waals surface area contributed by atoms with Gasteiger partial charge in [0.15, 0.2) is 0 Å². The van der Waals surface area contributed by atoms with E-state index in [0.717, 1.165) is 0 Å². The van der Waals surface area contributed by atoms with Gasteiger partial charge in [0.1, 0.15) is 5.82 Å². The first-order valence-corrected chi connectivity index (χ1v) is 5.93. The largest absolute Gasteiger partial charge is 0.391 e. The minimum atomic E-state index is -0.614. The van der Waals surface area contributed by atoms with E-state index >= 15 is 0 Å². The molecule has 0 amide bonds. The van der Waals surface area contributed by atoms with Crippen molar-refractivity contribution in [3.63, 3.8) is 0 Å².